The van der Waals surface area contributed by atoms with E-state index in [0.717, 1.165) is 43.5 Å². The van der Waals surface area contributed by atoms with Gasteiger partial charge in [-0.25, -0.2) is 0 Å². The monoisotopic (exact) mass is 834 g/mol. The number of aryl methyl sites for hydroxylation is 1. The molecule has 7 aromatic carbocycles. The second kappa shape index (κ2) is 15.1. The molecule has 0 N–H and O–H groups in total. The molecule has 0 saturated heterocycles. The van der Waals surface area contributed by atoms with Crippen LogP contribution in [0.4, 0.5) is 17.1 Å². The van der Waals surface area contributed by atoms with Gasteiger partial charge in [-0.3, -0.25) is 0 Å². The maximum atomic E-state index is 2.54. The first-order chi connectivity index (χ1) is 32.1. The second-order valence-corrected chi connectivity index (χ2v) is 18.8. The number of allylic oxidation sites excluding steroid dienone is 12. The summed E-state index contributed by atoms with van der Waals surface area (Å²) in [7, 11) is 2.23. The Morgan fingerprint density at radius 1 is 0.615 bits per heavy atom. The summed E-state index contributed by atoms with van der Waals surface area (Å²) >= 11 is 0. The lowest BCUT2D eigenvalue weighted by molar-refractivity contribution is 0.571. The van der Waals surface area contributed by atoms with Crippen molar-refractivity contribution in [1.82, 2.24) is 4.57 Å². The number of anilines is 3. The van der Waals surface area contributed by atoms with E-state index in [-0.39, 0.29) is 5.92 Å². The van der Waals surface area contributed by atoms with Gasteiger partial charge in [0.15, 0.2) is 0 Å². The van der Waals surface area contributed by atoms with Crippen LogP contribution in [0.5, 0.6) is 0 Å². The molecule has 2 nitrogen and oxygen atoms in total. The molecule has 0 amide bonds. The Morgan fingerprint density at radius 2 is 1.40 bits per heavy atom. The van der Waals surface area contributed by atoms with Gasteiger partial charge in [-0.1, -0.05) is 153 Å². The fraction of sp³-hybridized carbons (Fsp3) is 0.143. The fourth-order valence-corrected chi connectivity index (χ4v) is 12.0. The van der Waals surface area contributed by atoms with Gasteiger partial charge in [-0.15, -0.1) is 0 Å². The molecule has 1 aromatic heterocycles. The quantitative estimate of drug-likeness (QED) is 0.148. The molecular formula is C63H50N2. The molecule has 0 saturated carbocycles. The van der Waals surface area contributed by atoms with Crippen LogP contribution in [0.25, 0.3) is 50.3 Å². The fourth-order valence-electron chi connectivity index (χ4n) is 12.0. The highest BCUT2D eigenvalue weighted by molar-refractivity contribution is 6.10. The Balaban J connectivity index is 0.973. The first-order valence-corrected chi connectivity index (χ1v) is 23.5. The largest absolute Gasteiger partial charge is 0.344 e. The first kappa shape index (κ1) is 38.1. The van der Waals surface area contributed by atoms with E-state index >= 15 is 0 Å². The number of rotatable bonds is 8. The molecule has 5 aliphatic carbocycles. The minimum absolute atomic E-state index is 0.266. The van der Waals surface area contributed by atoms with Crippen LogP contribution in [0.2, 0.25) is 0 Å². The van der Waals surface area contributed by atoms with E-state index in [0.29, 0.717) is 5.92 Å². The first-order valence-electron chi connectivity index (χ1n) is 23.5. The molecule has 8 aromatic rings. The zero-order valence-electron chi connectivity index (χ0n) is 37.1. The zero-order valence-corrected chi connectivity index (χ0v) is 37.1. The molecule has 2 heteroatoms. The third-order valence-electron chi connectivity index (χ3n) is 15.3. The minimum atomic E-state index is 0.266. The molecule has 0 aliphatic heterocycles. The van der Waals surface area contributed by atoms with Crippen molar-refractivity contribution in [2.75, 3.05) is 4.90 Å². The number of nitrogens with zero attached hydrogens (tertiary/aromatic N) is 2. The SMILES string of the molecule is CC(c1ccccc1)C(Cc1ccc2c3c1CC=CC1=C3C(=CC2)CC=C1)c1ccc2c(c1)c1cc(N(c3ccccc3)c3ccc4c5c6c(ccc35)=CC=CC(=CC=4)C6)ccc1n2C. The lowest BCUT2D eigenvalue weighted by Gasteiger charge is -2.30. The van der Waals surface area contributed by atoms with Crippen LogP contribution >= 0.6 is 0 Å². The van der Waals surface area contributed by atoms with Gasteiger partial charge in [0.25, 0.3) is 0 Å². The summed E-state index contributed by atoms with van der Waals surface area (Å²) < 4.78 is 2.39. The zero-order chi connectivity index (χ0) is 43.2. The van der Waals surface area contributed by atoms with Crippen molar-refractivity contribution in [2.24, 2.45) is 7.05 Å². The van der Waals surface area contributed by atoms with Gasteiger partial charge in [0, 0.05) is 45.6 Å². The van der Waals surface area contributed by atoms with Crippen LogP contribution < -0.4 is 15.3 Å². The normalized spacial score (nSPS) is 16.3. The average molecular weight is 835 g/mol. The van der Waals surface area contributed by atoms with Crippen LogP contribution in [0.15, 0.2) is 199 Å². The van der Waals surface area contributed by atoms with E-state index < -0.39 is 0 Å². The predicted molar refractivity (Wildman–Crippen MR) is 275 cm³/mol. The Bertz CT molecular complexity index is 3640. The van der Waals surface area contributed by atoms with Crippen LogP contribution in [-0.2, 0) is 32.7 Å². The van der Waals surface area contributed by atoms with Crippen molar-refractivity contribution >= 4 is 67.4 Å². The van der Waals surface area contributed by atoms with E-state index in [2.05, 4.69) is 218 Å². The lowest BCUT2D eigenvalue weighted by Crippen LogP contribution is -2.17. The number of hydrogen-bond acceptors (Lipinski definition) is 1. The lowest BCUT2D eigenvalue weighted by atomic mass is 9.74. The second-order valence-electron chi connectivity index (χ2n) is 18.8. The third-order valence-corrected chi connectivity index (χ3v) is 15.3. The topological polar surface area (TPSA) is 8.17 Å². The van der Waals surface area contributed by atoms with E-state index in [1.807, 2.05) is 0 Å². The van der Waals surface area contributed by atoms with Crippen LogP contribution in [-0.4, -0.2) is 4.57 Å². The van der Waals surface area contributed by atoms with Crippen molar-refractivity contribution in [2.45, 2.75) is 50.9 Å². The molecule has 13 rings (SSSR count). The summed E-state index contributed by atoms with van der Waals surface area (Å²) in [6.45, 7) is 2.45. The molecule has 2 atom stereocenters. The summed E-state index contributed by atoms with van der Waals surface area (Å²) in [6, 6.07) is 50.9. The molecule has 2 unspecified atom stereocenters. The predicted octanol–water partition coefficient (Wildman–Crippen LogP) is 14.0. The highest BCUT2D eigenvalue weighted by Gasteiger charge is 2.29. The van der Waals surface area contributed by atoms with Crippen molar-refractivity contribution < 1.29 is 0 Å². The van der Waals surface area contributed by atoms with E-state index in [9.17, 15) is 0 Å². The van der Waals surface area contributed by atoms with Crippen molar-refractivity contribution in [1.29, 1.82) is 0 Å². The van der Waals surface area contributed by atoms with Gasteiger partial charge in [-0.05, 0) is 170 Å². The number of hydrogen-bond donors (Lipinski definition) is 0. The summed E-state index contributed by atoms with van der Waals surface area (Å²) in [6.07, 6.45) is 28.2. The highest BCUT2D eigenvalue weighted by Crippen LogP contribution is 2.47. The number of fused-ring (bicyclic) bond motifs is 4. The Labute approximate surface area is 381 Å². The maximum absolute atomic E-state index is 2.54. The van der Waals surface area contributed by atoms with E-state index in [1.165, 1.54) is 110 Å². The molecule has 5 aliphatic rings. The van der Waals surface area contributed by atoms with Gasteiger partial charge in [0.2, 0.25) is 0 Å². The Morgan fingerprint density at radius 3 is 2.26 bits per heavy atom. The molecule has 0 spiro atoms. The standard InChI is InChI=1S/C63H50N2/c1-40(42-13-5-3-6-14-42)54(37-48-27-26-47-25-24-45-17-10-16-44-18-11-21-52(48)63(47)61(44)45)49-30-33-58-56(38-49)57-39-51(31-35-59(57)64(58)2)65(50-19-7-4-8-20-50)60-34-29-46-23-22-41-12-9-15-43-28-32-53(60)62(46)55(43)36-41/h3-16,18-20,22-24,26-35,38-40,54H,17,21,25,36-37H2,1-2H3. The van der Waals surface area contributed by atoms with Crippen molar-refractivity contribution in [3.05, 3.63) is 248 Å². The van der Waals surface area contributed by atoms with Crippen molar-refractivity contribution in [3.8, 4) is 0 Å². The Hall–Kier alpha value is -7.42. The third kappa shape index (κ3) is 6.15. The van der Waals surface area contributed by atoms with Crippen LogP contribution in [0, 0.1) is 0 Å². The smallest absolute Gasteiger partial charge is 0.0540 e. The molecule has 312 valence electrons. The maximum Gasteiger partial charge on any atom is 0.0540 e. The van der Waals surface area contributed by atoms with E-state index in [1.54, 1.807) is 0 Å². The molecule has 65 heavy (non-hydrogen) atoms. The summed E-state index contributed by atoms with van der Waals surface area (Å²) in [4.78, 5) is 2.48. The number of benzene rings is 7. The molecule has 0 radical (unpaired) electrons. The average Bonchev–Trinajstić information content (AvgIpc) is 3.62. The van der Waals surface area contributed by atoms with Crippen LogP contribution in [0.1, 0.15) is 64.1 Å². The van der Waals surface area contributed by atoms with Gasteiger partial charge in [-0.2, -0.15) is 0 Å². The van der Waals surface area contributed by atoms with Gasteiger partial charge in [0.05, 0.1) is 5.69 Å². The van der Waals surface area contributed by atoms with Crippen LogP contribution in [0.3, 0.4) is 0 Å². The van der Waals surface area contributed by atoms with Crippen molar-refractivity contribution in [3.63, 3.8) is 0 Å². The molecular weight excluding hydrogens is 785 g/mol. The summed E-state index contributed by atoms with van der Waals surface area (Å²) in [5, 5.41) is 7.80. The van der Waals surface area contributed by atoms with Gasteiger partial charge in [0.1, 0.15) is 0 Å². The highest BCUT2D eigenvalue weighted by atomic mass is 15.1. The molecule has 2 bridgehead atoms. The minimum Gasteiger partial charge on any atom is -0.344 e. The molecule has 1 heterocycles. The number of para-hydroxylation sites is 1. The summed E-state index contributed by atoms with van der Waals surface area (Å²) in [5.74, 6) is 0.571. The van der Waals surface area contributed by atoms with E-state index in [4.69, 9.17) is 0 Å². The Kier molecular flexibility index (Phi) is 8.85. The molecule has 0 fully saturated rings. The summed E-state index contributed by atoms with van der Waals surface area (Å²) in [5.41, 5.74) is 21.9. The number of aromatic nitrogens is 1. The van der Waals surface area contributed by atoms with Gasteiger partial charge >= 0.3 is 0 Å². The van der Waals surface area contributed by atoms with Gasteiger partial charge < -0.3 is 9.47 Å².